The van der Waals surface area contributed by atoms with E-state index in [2.05, 4.69) is 4.90 Å². The van der Waals surface area contributed by atoms with Gasteiger partial charge >= 0.3 is 5.97 Å². The zero-order valence-electron chi connectivity index (χ0n) is 12.0. The average molecular weight is 313 g/mol. The second kappa shape index (κ2) is 6.30. The van der Waals surface area contributed by atoms with E-state index in [0.29, 0.717) is 31.0 Å². The summed E-state index contributed by atoms with van der Waals surface area (Å²) in [5.41, 5.74) is 1.57. The summed E-state index contributed by atoms with van der Waals surface area (Å²) in [7, 11) is 1.39. The maximum absolute atomic E-state index is 11.5. The third kappa shape index (κ3) is 3.26. The van der Waals surface area contributed by atoms with Crippen molar-refractivity contribution < 1.29 is 14.5 Å². The Morgan fingerprint density at radius 3 is 2.52 bits per heavy atom. The molecule has 1 heterocycles. The number of non-ortho nitro benzene ring substituents is 1. The van der Waals surface area contributed by atoms with Crippen molar-refractivity contribution in [3.05, 3.63) is 32.8 Å². The number of rotatable bonds is 3. The molecular weight excluding hydrogens is 296 g/mol. The molecule has 1 saturated heterocycles. The first-order valence-electron chi connectivity index (χ1n) is 6.71. The summed E-state index contributed by atoms with van der Waals surface area (Å²) in [4.78, 5) is 24.0. The number of nitro groups is 1. The van der Waals surface area contributed by atoms with Crippen LogP contribution in [0, 0.1) is 23.0 Å². The first-order chi connectivity index (χ1) is 9.93. The summed E-state index contributed by atoms with van der Waals surface area (Å²) in [5.74, 6) is -0.260. The van der Waals surface area contributed by atoms with Crippen LogP contribution in [0.5, 0.6) is 0 Å². The predicted molar refractivity (Wildman–Crippen MR) is 79.8 cm³/mol. The van der Waals surface area contributed by atoms with E-state index in [0.717, 1.165) is 11.3 Å². The Morgan fingerprint density at radius 2 is 2.05 bits per heavy atom. The van der Waals surface area contributed by atoms with Crippen LogP contribution in [0.3, 0.4) is 0 Å². The number of esters is 1. The van der Waals surface area contributed by atoms with E-state index in [1.807, 2.05) is 0 Å². The van der Waals surface area contributed by atoms with Crippen molar-refractivity contribution in [1.29, 1.82) is 0 Å². The molecule has 1 aliphatic rings. The van der Waals surface area contributed by atoms with Crippen LogP contribution in [0.4, 0.5) is 11.4 Å². The second-order valence-corrected chi connectivity index (χ2v) is 5.54. The van der Waals surface area contributed by atoms with Gasteiger partial charge in [-0.15, -0.1) is 0 Å². The second-order valence-electron chi connectivity index (χ2n) is 5.13. The number of carbonyl (C=O) groups is 1. The van der Waals surface area contributed by atoms with Gasteiger partial charge in [0, 0.05) is 25.2 Å². The number of hydrogen-bond donors (Lipinski definition) is 0. The Balaban J connectivity index is 2.17. The van der Waals surface area contributed by atoms with Gasteiger partial charge in [-0.3, -0.25) is 14.9 Å². The topological polar surface area (TPSA) is 72.7 Å². The molecule has 21 heavy (non-hydrogen) atoms. The van der Waals surface area contributed by atoms with Crippen LogP contribution < -0.4 is 4.90 Å². The quantitative estimate of drug-likeness (QED) is 0.487. The molecule has 0 saturated carbocycles. The van der Waals surface area contributed by atoms with Crippen LogP contribution in [0.15, 0.2) is 12.1 Å². The average Bonchev–Trinajstić information content (AvgIpc) is 2.46. The van der Waals surface area contributed by atoms with Crippen LogP contribution in [0.2, 0.25) is 5.02 Å². The standard InChI is InChI=1S/C14H17ClN2O4/c1-9-7-11(17(19)20)8-12(15)13(9)16-5-3-10(4-6-16)14(18)21-2/h7-8,10H,3-6H2,1-2H3. The van der Waals surface area contributed by atoms with E-state index in [-0.39, 0.29) is 17.6 Å². The molecule has 0 amide bonds. The molecular formula is C14H17ClN2O4. The van der Waals surface area contributed by atoms with Gasteiger partial charge in [0.1, 0.15) is 0 Å². The number of anilines is 1. The first-order valence-corrected chi connectivity index (χ1v) is 7.09. The minimum Gasteiger partial charge on any atom is -0.469 e. The van der Waals surface area contributed by atoms with Gasteiger partial charge in [0.05, 0.1) is 28.7 Å². The van der Waals surface area contributed by atoms with Gasteiger partial charge in [-0.1, -0.05) is 11.6 Å². The number of halogens is 1. The molecule has 0 aromatic heterocycles. The van der Waals surface area contributed by atoms with Crippen molar-refractivity contribution in [2.75, 3.05) is 25.1 Å². The van der Waals surface area contributed by atoms with E-state index in [1.165, 1.54) is 19.2 Å². The lowest BCUT2D eigenvalue weighted by Gasteiger charge is -2.33. The lowest BCUT2D eigenvalue weighted by molar-refractivity contribution is -0.384. The van der Waals surface area contributed by atoms with E-state index >= 15 is 0 Å². The summed E-state index contributed by atoms with van der Waals surface area (Å²) >= 11 is 6.20. The van der Waals surface area contributed by atoms with E-state index in [1.54, 1.807) is 6.92 Å². The monoisotopic (exact) mass is 312 g/mol. The molecule has 1 aliphatic heterocycles. The number of nitro benzene ring substituents is 1. The van der Waals surface area contributed by atoms with E-state index < -0.39 is 4.92 Å². The predicted octanol–water partition coefficient (Wildman–Crippen LogP) is 2.95. The fourth-order valence-corrected chi connectivity index (χ4v) is 3.11. The Hall–Kier alpha value is -1.82. The van der Waals surface area contributed by atoms with E-state index in [9.17, 15) is 14.9 Å². The fraction of sp³-hybridized carbons (Fsp3) is 0.500. The molecule has 1 aromatic carbocycles. The minimum atomic E-state index is -0.452. The third-order valence-corrected chi connectivity index (χ3v) is 4.08. The molecule has 1 aromatic rings. The molecule has 0 spiro atoms. The van der Waals surface area contributed by atoms with Gasteiger partial charge in [-0.05, 0) is 25.3 Å². The number of aryl methyl sites for hydroxylation is 1. The van der Waals surface area contributed by atoms with Crippen LogP contribution >= 0.6 is 11.6 Å². The smallest absolute Gasteiger partial charge is 0.308 e. The lowest BCUT2D eigenvalue weighted by atomic mass is 9.96. The first kappa shape index (κ1) is 15.6. The zero-order chi connectivity index (χ0) is 15.6. The van der Waals surface area contributed by atoms with Gasteiger partial charge < -0.3 is 9.64 Å². The van der Waals surface area contributed by atoms with Crippen molar-refractivity contribution in [3.63, 3.8) is 0 Å². The van der Waals surface area contributed by atoms with Gasteiger partial charge in [0.15, 0.2) is 0 Å². The molecule has 2 rings (SSSR count). The fourth-order valence-electron chi connectivity index (χ4n) is 2.73. The number of methoxy groups -OCH3 is 1. The summed E-state index contributed by atoms with van der Waals surface area (Å²) in [6.45, 7) is 3.16. The highest BCUT2D eigenvalue weighted by Gasteiger charge is 2.27. The zero-order valence-corrected chi connectivity index (χ0v) is 12.7. The molecule has 0 N–H and O–H groups in total. The van der Waals surface area contributed by atoms with Crippen LogP contribution in [-0.2, 0) is 9.53 Å². The molecule has 0 atom stereocenters. The molecule has 0 radical (unpaired) electrons. The Labute approximate surface area is 127 Å². The summed E-state index contributed by atoms with van der Waals surface area (Å²) in [6.07, 6.45) is 1.39. The highest BCUT2D eigenvalue weighted by Crippen LogP contribution is 2.36. The number of carbonyl (C=O) groups excluding carboxylic acids is 1. The van der Waals surface area contributed by atoms with Gasteiger partial charge in [-0.2, -0.15) is 0 Å². The van der Waals surface area contributed by atoms with Crippen molar-refractivity contribution >= 4 is 28.9 Å². The minimum absolute atomic E-state index is 0.00861. The molecule has 114 valence electrons. The number of hydrogen-bond acceptors (Lipinski definition) is 5. The van der Waals surface area contributed by atoms with Gasteiger partial charge in [0.25, 0.3) is 5.69 Å². The van der Waals surface area contributed by atoms with E-state index in [4.69, 9.17) is 16.3 Å². The number of benzene rings is 1. The van der Waals surface area contributed by atoms with Gasteiger partial charge in [0.2, 0.25) is 0 Å². The van der Waals surface area contributed by atoms with Crippen molar-refractivity contribution in [2.24, 2.45) is 5.92 Å². The Kier molecular flexibility index (Phi) is 4.67. The Bertz CT molecular complexity index is 545. The van der Waals surface area contributed by atoms with Crippen LogP contribution in [-0.4, -0.2) is 31.1 Å². The van der Waals surface area contributed by atoms with Crippen molar-refractivity contribution in [1.82, 2.24) is 0 Å². The van der Waals surface area contributed by atoms with Crippen LogP contribution in [0.25, 0.3) is 0 Å². The SMILES string of the molecule is COC(=O)C1CCN(c2c(C)cc([N+](=O)[O-])cc2Cl)CC1. The highest BCUT2D eigenvalue weighted by atomic mass is 35.5. The van der Waals surface area contributed by atoms with Crippen LogP contribution in [0.1, 0.15) is 18.4 Å². The molecule has 1 fully saturated rings. The van der Waals surface area contributed by atoms with Crippen molar-refractivity contribution in [3.8, 4) is 0 Å². The largest absolute Gasteiger partial charge is 0.469 e. The Morgan fingerprint density at radius 1 is 1.43 bits per heavy atom. The summed E-state index contributed by atoms with van der Waals surface area (Å²) in [5, 5.41) is 11.2. The third-order valence-electron chi connectivity index (χ3n) is 3.80. The number of nitrogens with zero attached hydrogens (tertiary/aromatic N) is 2. The maximum atomic E-state index is 11.5. The van der Waals surface area contributed by atoms with Crippen molar-refractivity contribution in [2.45, 2.75) is 19.8 Å². The number of piperidine rings is 1. The molecule has 0 unspecified atom stereocenters. The lowest BCUT2D eigenvalue weighted by Crippen LogP contribution is -2.37. The highest BCUT2D eigenvalue weighted by molar-refractivity contribution is 6.33. The van der Waals surface area contributed by atoms with Gasteiger partial charge in [-0.25, -0.2) is 0 Å². The summed E-state index contributed by atoms with van der Waals surface area (Å²) in [6, 6.07) is 2.89. The molecule has 0 bridgehead atoms. The molecule has 0 aliphatic carbocycles. The summed E-state index contributed by atoms with van der Waals surface area (Å²) < 4.78 is 4.76. The maximum Gasteiger partial charge on any atom is 0.308 e. The normalized spacial score (nSPS) is 15.9. The number of ether oxygens (including phenoxy) is 1. The molecule has 6 nitrogen and oxygen atoms in total. The molecule has 7 heteroatoms.